The lowest BCUT2D eigenvalue weighted by molar-refractivity contribution is -0.274. The predicted octanol–water partition coefficient (Wildman–Crippen LogP) is 4.18. The molecule has 0 aliphatic carbocycles. The van der Waals surface area contributed by atoms with Gasteiger partial charge < -0.3 is 15.2 Å². The van der Waals surface area contributed by atoms with Crippen LogP contribution in [0.2, 0.25) is 0 Å². The number of rotatable bonds is 8. The highest BCUT2D eigenvalue weighted by molar-refractivity contribution is 7.16. The van der Waals surface area contributed by atoms with Gasteiger partial charge in [0.15, 0.2) is 5.78 Å². The van der Waals surface area contributed by atoms with Crippen molar-refractivity contribution in [2.24, 2.45) is 5.92 Å². The van der Waals surface area contributed by atoms with E-state index in [4.69, 9.17) is 0 Å². The summed E-state index contributed by atoms with van der Waals surface area (Å²) in [4.78, 5) is 39.5. The van der Waals surface area contributed by atoms with Crippen LogP contribution in [0.3, 0.4) is 0 Å². The molecule has 11 heteroatoms. The fourth-order valence-electron chi connectivity index (χ4n) is 3.61. The number of alkyl halides is 3. The van der Waals surface area contributed by atoms with Crippen LogP contribution in [0.15, 0.2) is 30.3 Å². The Labute approximate surface area is 192 Å². The number of carbonyl (C=O) groups excluding carboxylic acids is 2. The van der Waals surface area contributed by atoms with Gasteiger partial charge in [-0.15, -0.1) is 24.5 Å². The lowest BCUT2D eigenvalue weighted by atomic mass is 9.98. The molecule has 1 aliphatic rings. The average molecular weight is 484 g/mol. The fourth-order valence-corrected chi connectivity index (χ4v) is 4.62. The van der Waals surface area contributed by atoms with Gasteiger partial charge in [0.25, 0.3) is 0 Å². The van der Waals surface area contributed by atoms with Gasteiger partial charge in [-0.2, -0.15) is 0 Å². The Balaban J connectivity index is 1.71. The van der Waals surface area contributed by atoms with Crippen molar-refractivity contribution < 1.29 is 37.4 Å². The van der Waals surface area contributed by atoms with Crippen LogP contribution in [0.4, 0.5) is 18.2 Å². The number of hydrogen-bond acceptors (Lipinski definition) is 6. The van der Waals surface area contributed by atoms with Gasteiger partial charge in [0.2, 0.25) is 5.91 Å². The first-order chi connectivity index (χ1) is 15.6. The monoisotopic (exact) mass is 484 g/mol. The summed E-state index contributed by atoms with van der Waals surface area (Å²) in [6.07, 6.45) is -2.94. The lowest BCUT2D eigenvalue weighted by Gasteiger charge is -2.29. The highest BCUT2D eigenvalue weighted by Crippen LogP contribution is 2.31. The third-order valence-corrected chi connectivity index (χ3v) is 6.40. The Morgan fingerprint density at radius 1 is 1.24 bits per heavy atom. The van der Waals surface area contributed by atoms with E-state index < -0.39 is 29.8 Å². The van der Waals surface area contributed by atoms with E-state index in [1.165, 1.54) is 23.5 Å². The summed E-state index contributed by atoms with van der Waals surface area (Å²) in [5.41, 5.74) is 0.401. The fraction of sp³-hybridized carbons (Fsp3) is 0.409. The van der Waals surface area contributed by atoms with E-state index >= 15 is 0 Å². The van der Waals surface area contributed by atoms with E-state index in [0.29, 0.717) is 30.8 Å². The maximum absolute atomic E-state index is 13.0. The number of hydrogen-bond donors (Lipinski definition) is 2. The normalized spacial score (nSPS) is 16.9. The van der Waals surface area contributed by atoms with Crippen LogP contribution in [-0.4, -0.2) is 53.7 Å². The molecule has 33 heavy (non-hydrogen) atoms. The molecule has 1 aliphatic heterocycles. The van der Waals surface area contributed by atoms with Crippen molar-refractivity contribution in [3.63, 3.8) is 0 Å². The number of halogens is 3. The van der Waals surface area contributed by atoms with Gasteiger partial charge in [0.1, 0.15) is 10.8 Å². The number of aryl methyl sites for hydroxylation is 1. The van der Waals surface area contributed by atoms with Crippen LogP contribution in [0, 0.1) is 5.92 Å². The lowest BCUT2D eigenvalue weighted by Crippen LogP contribution is -2.42. The molecule has 2 aromatic rings. The van der Waals surface area contributed by atoms with E-state index in [2.05, 4.69) is 10.1 Å². The molecule has 0 bridgehead atoms. The molecule has 178 valence electrons. The highest BCUT2D eigenvalue weighted by atomic mass is 32.1. The van der Waals surface area contributed by atoms with Gasteiger partial charge in [-0.25, -0.2) is 0 Å². The quantitative estimate of drug-likeness (QED) is 0.546. The molecule has 1 saturated heterocycles. The number of amides is 1. The van der Waals surface area contributed by atoms with Crippen LogP contribution in [0.5, 0.6) is 5.75 Å². The van der Waals surface area contributed by atoms with Gasteiger partial charge >= 0.3 is 12.3 Å². The van der Waals surface area contributed by atoms with Crippen LogP contribution in [0.1, 0.15) is 40.6 Å². The minimum atomic E-state index is -4.83. The van der Waals surface area contributed by atoms with Crippen LogP contribution < -0.4 is 10.1 Å². The molecule has 1 aromatic carbocycles. The summed E-state index contributed by atoms with van der Waals surface area (Å²) in [6, 6.07) is 6.24. The van der Waals surface area contributed by atoms with Crippen LogP contribution >= 0.6 is 11.3 Å². The summed E-state index contributed by atoms with van der Waals surface area (Å²) < 4.78 is 40.9. The number of piperidine rings is 1. The molecule has 2 N–H and O–H groups in total. The molecule has 1 atom stereocenters. The zero-order valence-electron chi connectivity index (χ0n) is 17.8. The minimum Gasteiger partial charge on any atom is -0.481 e. The van der Waals surface area contributed by atoms with Crippen LogP contribution in [0.25, 0.3) is 0 Å². The summed E-state index contributed by atoms with van der Waals surface area (Å²) in [7, 11) is 0. The number of carboxylic acids is 1. The number of anilines is 1. The minimum absolute atomic E-state index is 0.000245. The number of nitrogens with zero attached hydrogens (tertiary/aromatic N) is 1. The number of nitrogens with one attached hydrogen (secondary N) is 1. The maximum atomic E-state index is 13.0. The van der Waals surface area contributed by atoms with Gasteiger partial charge in [-0.1, -0.05) is 6.92 Å². The summed E-state index contributed by atoms with van der Waals surface area (Å²) in [5.74, 6) is -2.64. The van der Waals surface area contributed by atoms with E-state index in [9.17, 15) is 32.7 Å². The smallest absolute Gasteiger partial charge is 0.481 e. The van der Waals surface area contributed by atoms with E-state index in [1.54, 1.807) is 11.0 Å². The average Bonchev–Trinajstić information content (AvgIpc) is 3.15. The SMILES string of the molecule is CCc1cc(C(=O)c2ccc(OC(F)(F)F)cc2)c(NC(=O)CN2CCCC(C(=O)O)C2)s1. The predicted molar refractivity (Wildman–Crippen MR) is 116 cm³/mol. The second-order valence-electron chi connectivity index (χ2n) is 7.67. The zero-order valence-corrected chi connectivity index (χ0v) is 18.6. The van der Waals surface area contributed by atoms with E-state index in [-0.39, 0.29) is 30.1 Å². The molecular formula is C22H23F3N2O5S. The molecule has 7 nitrogen and oxygen atoms in total. The number of ether oxygens (including phenoxy) is 1. The Kier molecular flexibility index (Phi) is 7.75. The number of benzene rings is 1. The Hall–Kier alpha value is -2.92. The number of carbonyl (C=O) groups is 3. The third kappa shape index (κ3) is 6.78. The van der Waals surface area contributed by atoms with Crippen LogP contribution in [-0.2, 0) is 16.0 Å². The van der Waals surface area contributed by atoms with Gasteiger partial charge in [-0.05, 0) is 56.1 Å². The molecule has 1 amide bonds. The number of ketones is 1. The molecule has 2 heterocycles. The summed E-state index contributed by atoms with van der Waals surface area (Å²) >= 11 is 1.25. The molecular weight excluding hydrogens is 461 g/mol. The second kappa shape index (κ2) is 10.3. The molecule has 0 spiro atoms. The number of carboxylic acid groups (broad SMARTS) is 1. The van der Waals surface area contributed by atoms with Crippen molar-refractivity contribution in [3.8, 4) is 5.75 Å². The largest absolute Gasteiger partial charge is 0.573 e. The molecule has 1 aromatic heterocycles. The van der Waals surface area contributed by atoms with Crippen molar-refractivity contribution >= 4 is 34.0 Å². The number of thiophene rings is 1. The molecule has 1 unspecified atom stereocenters. The van der Waals surface area contributed by atoms with Gasteiger partial charge in [0, 0.05) is 17.0 Å². The summed E-state index contributed by atoms with van der Waals surface area (Å²) in [6.45, 7) is 2.79. The van der Waals surface area contributed by atoms with Crippen molar-refractivity contribution in [2.45, 2.75) is 32.5 Å². The van der Waals surface area contributed by atoms with Crippen molar-refractivity contribution in [1.29, 1.82) is 0 Å². The number of likely N-dealkylation sites (tertiary alicyclic amines) is 1. The Bertz CT molecular complexity index is 1020. The standard InChI is InChI=1S/C22H23F3N2O5S/c1-2-16-10-17(19(29)13-5-7-15(8-6-13)32-22(23,24)25)20(33-16)26-18(28)12-27-9-3-4-14(11-27)21(30)31/h5-8,10,14H,2-4,9,11-12H2,1H3,(H,26,28)(H,30,31). The molecule has 1 fully saturated rings. The molecule has 0 radical (unpaired) electrons. The highest BCUT2D eigenvalue weighted by Gasteiger charge is 2.31. The first-order valence-corrected chi connectivity index (χ1v) is 11.2. The Morgan fingerprint density at radius 2 is 1.94 bits per heavy atom. The third-order valence-electron chi connectivity index (χ3n) is 5.20. The topological polar surface area (TPSA) is 95.9 Å². The van der Waals surface area contributed by atoms with Gasteiger partial charge in [-0.3, -0.25) is 19.3 Å². The Morgan fingerprint density at radius 3 is 2.55 bits per heavy atom. The van der Waals surface area contributed by atoms with Gasteiger partial charge in [0.05, 0.1) is 18.0 Å². The number of aliphatic carboxylic acids is 1. The molecule has 0 saturated carbocycles. The van der Waals surface area contributed by atoms with E-state index in [0.717, 1.165) is 17.0 Å². The van der Waals surface area contributed by atoms with Crippen molar-refractivity contribution in [1.82, 2.24) is 4.90 Å². The maximum Gasteiger partial charge on any atom is 0.573 e. The van der Waals surface area contributed by atoms with Crippen molar-refractivity contribution in [2.75, 3.05) is 25.0 Å². The van der Waals surface area contributed by atoms with E-state index in [1.807, 2.05) is 6.92 Å². The molecule has 3 rings (SSSR count). The summed E-state index contributed by atoms with van der Waals surface area (Å²) in [5, 5.41) is 12.3. The zero-order chi connectivity index (χ0) is 24.2. The first kappa shape index (κ1) is 24.7. The van der Waals surface area contributed by atoms with Crippen molar-refractivity contribution in [3.05, 3.63) is 46.3 Å². The second-order valence-corrected chi connectivity index (χ2v) is 8.81. The first-order valence-electron chi connectivity index (χ1n) is 10.3.